The largest absolute Gasteiger partial charge is 0.334 e. The van der Waals surface area contributed by atoms with Gasteiger partial charge in [0.2, 0.25) is 0 Å². The highest BCUT2D eigenvalue weighted by Crippen LogP contribution is 2.64. The Hall–Kier alpha value is -6.00. The quantitative estimate of drug-likeness (QED) is 0.163. The summed E-state index contributed by atoms with van der Waals surface area (Å²) in [4.78, 5) is 8.13. The third kappa shape index (κ3) is 6.97. The fourth-order valence-electron chi connectivity index (χ4n) is 12.9. The number of anilines is 8. The molecule has 0 spiro atoms. The van der Waals surface area contributed by atoms with Crippen molar-refractivity contribution in [2.75, 3.05) is 14.7 Å². The van der Waals surface area contributed by atoms with Crippen LogP contribution in [-0.2, 0) is 27.1 Å². The van der Waals surface area contributed by atoms with Crippen molar-refractivity contribution in [1.82, 2.24) is 0 Å². The number of hydrogen-bond acceptors (Lipinski definition) is 3. The number of benzene rings is 7. The second-order valence-electron chi connectivity index (χ2n) is 25.3. The Labute approximate surface area is 414 Å². The standard InChI is InChI=1S/C65H72BN3/c1-60(2,3)44-25-21-27-48(37-44)67-55-39-46(62(7,8)9)31-33-52(55)66-53-34-32-47(63(10,11)12)40-56(53)68(49-28-22-26-45(38-49)61(4,5)6)58-42-50(41-57(67)59(58)66)69-54-30-18-17-29-51(54)65(43-23-15-14-16-24-43)36-20-19-35-64(65,69)13/h14-18,21-34,37-42H,19-20,35-36H2,1-13H3. The third-order valence-electron chi connectivity index (χ3n) is 16.7. The number of nitrogens with zero attached hydrogens (tertiary/aromatic N) is 3. The zero-order chi connectivity index (χ0) is 48.6. The van der Waals surface area contributed by atoms with E-state index in [0.717, 1.165) is 12.8 Å². The normalized spacial score (nSPS) is 19.7. The van der Waals surface area contributed by atoms with Gasteiger partial charge in [0.25, 0.3) is 6.71 Å². The van der Waals surface area contributed by atoms with Crippen molar-refractivity contribution in [1.29, 1.82) is 0 Å². The number of hydrogen-bond donors (Lipinski definition) is 0. The summed E-state index contributed by atoms with van der Waals surface area (Å²) in [5.74, 6) is 0. The van der Waals surface area contributed by atoms with Gasteiger partial charge in [0.15, 0.2) is 0 Å². The highest BCUT2D eigenvalue weighted by molar-refractivity contribution is 7.00. The van der Waals surface area contributed by atoms with Crippen LogP contribution in [0.15, 0.2) is 152 Å². The Morgan fingerprint density at radius 3 is 1.38 bits per heavy atom. The SMILES string of the molecule is CC(C)(C)c1cccc(N2c3cc(C(C)(C)C)ccc3B3c4ccc(C(C)(C)C)cc4N(c4cccc(C(C)(C)C)c4)c4cc(N5c6ccccc6C6(c7ccccc7)CCCCC56C)cc2c43)c1. The van der Waals surface area contributed by atoms with E-state index < -0.39 is 0 Å². The first-order chi connectivity index (χ1) is 32.6. The summed E-state index contributed by atoms with van der Waals surface area (Å²) in [5, 5.41) is 0. The molecule has 11 rings (SSSR count). The minimum Gasteiger partial charge on any atom is -0.334 e. The molecule has 0 amide bonds. The van der Waals surface area contributed by atoms with E-state index >= 15 is 0 Å². The maximum absolute atomic E-state index is 2.82. The lowest BCUT2D eigenvalue weighted by Gasteiger charge is -2.53. The summed E-state index contributed by atoms with van der Waals surface area (Å²) in [6.07, 6.45) is 4.61. The number of rotatable bonds is 4. The van der Waals surface area contributed by atoms with Gasteiger partial charge in [-0.1, -0.05) is 193 Å². The van der Waals surface area contributed by atoms with Crippen molar-refractivity contribution in [2.45, 2.75) is 148 Å². The Bertz CT molecular complexity index is 3010. The van der Waals surface area contributed by atoms with Gasteiger partial charge in [-0.15, -0.1) is 0 Å². The van der Waals surface area contributed by atoms with E-state index in [1.165, 1.54) is 108 Å². The molecule has 7 aromatic carbocycles. The predicted molar refractivity (Wildman–Crippen MR) is 298 cm³/mol. The fourth-order valence-corrected chi connectivity index (χ4v) is 12.9. The molecule has 0 bridgehead atoms. The first-order valence-corrected chi connectivity index (χ1v) is 25.8. The average Bonchev–Trinajstić information content (AvgIpc) is 3.55. The van der Waals surface area contributed by atoms with Gasteiger partial charge in [0.1, 0.15) is 0 Å². The highest BCUT2D eigenvalue weighted by Gasteiger charge is 2.61. The van der Waals surface area contributed by atoms with Crippen LogP contribution in [0.3, 0.4) is 0 Å². The Kier molecular flexibility index (Phi) is 10.2. The van der Waals surface area contributed by atoms with E-state index in [-0.39, 0.29) is 39.3 Å². The van der Waals surface area contributed by atoms with E-state index in [4.69, 9.17) is 0 Å². The second-order valence-corrected chi connectivity index (χ2v) is 25.3. The van der Waals surface area contributed by atoms with Gasteiger partial charge in [-0.05, 0) is 146 Å². The summed E-state index contributed by atoms with van der Waals surface area (Å²) < 4.78 is 0. The molecule has 3 heterocycles. The van der Waals surface area contributed by atoms with Gasteiger partial charge in [-0.25, -0.2) is 0 Å². The molecule has 3 nitrogen and oxygen atoms in total. The molecule has 4 aliphatic rings. The van der Waals surface area contributed by atoms with Crippen LogP contribution in [0, 0.1) is 0 Å². The molecule has 1 aliphatic carbocycles. The maximum Gasteiger partial charge on any atom is 0.252 e. The van der Waals surface area contributed by atoms with Gasteiger partial charge in [0.05, 0.1) is 5.54 Å². The monoisotopic (exact) mass is 906 g/mol. The van der Waals surface area contributed by atoms with Crippen molar-refractivity contribution in [3.63, 3.8) is 0 Å². The van der Waals surface area contributed by atoms with E-state index in [0.29, 0.717) is 0 Å². The van der Waals surface area contributed by atoms with Gasteiger partial charge in [-0.2, -0.15) is 0 Å². The van der Waals surface area contributed by atoms with Gasteiger partial charge >= 0.3 is 0 Å². The topological polar surface area (TPSA) is 9.72 Å². The van der Waals surface area contributed by atoms with Crippen LogP contribution >= 0.6 is 0 Å². The highest BCUT2D eigenvalue weighted by atomic mass is 15.3. The van der Waals surface area contributed by atoms with Crippen LogP contribution in [0.1, 0.15) is 149 Å². The molecular weight excluding hydrogens is 834 g/mol. The summed E-state index contributed by atoms with van der Waals surface area (Å²) in [6.45, 7) is 30.8. The van der Waals surface area contributed by atoms with Crippen molar-refractivity contribution in [3.05, 3.63) is 185 Å². The van der Waals surface area contributed by atoms with Gasteiger partial charge in [-0.3, -0.25) is 0 Å². The van der Waals surface area contributed by atoms with Crippen LogP contribution in [0.5, 0.6) is 0 Å². The smallest absolute Gasteiger partial charge is 0.252 e. The summed E-state index contributed by atoms with van der Waals surface area (Å²) in [5.41, 5.74) is 21.8. The van der Waals surface area contributed by atoms with E-state index in [9.17, 15) is 0 Å². The minimum atomic E-state index is -0.234. The van der Waals surface area contributed by atoms with E-state index in [1.807, 2.05) is 0 Å². The lowest BCUT2D eigenvalue weighted by molar-refractivity contribution is 0.215. The molecule has 0 N–H and O–H groups in total. The van der Waals surface area contributed by atoms with Crippen LogP contribution in [0.25, 0.3) is 0 Å². The van der Waals surface area contributed by atoms with Gasteiger partial charge in [0, 0.05) is 50.9 Å². The van der Waals surface area contributed by atoms with Gasteiger partial charge < -0.3 is 14.7 Å². The Balaban J connectivity index is 1.29. The Morgan fingerprint density at radius 1 is 0.406 bits per heavy atom. The van der Waals surface area contributed by atoms with Crippen molar-refractivity contribution < 1.29 is 0 Å². The molecule has 2 unspecified atom stereocenters. The lowest BCUT2D eigenvalue weighted by Crippen LogP contribution is -2.61. The summed E-state index contributed by atoms with van der Waals surface area (Å²) >= 11 is 0. The van der Waals surface area contributed by atoms with E-state index in [2.05, 4.69) is 256 Å². The Morgan fingerprint density at radius 2 is 0.870 bits per heavy atom. The molecular formula is C65H72BN3. The molecule has 4 heteroatoms. The maximum atomic E-state index is 2.82. The lowest BCUT2D eigenvalue weighted by atomic mass is 9.33. The molecule has 0 radical (unpaired) electrons. The first-order valence-electron chi connectivity index (χ1n) is 25.8. The third-order valence-corrected chi connectivity index (χ3v) is 16.7. The molecule has 0 aromatic heterocycles. The molecule has 3 aliphatic heterocycles. The summed E-state index contributed by atoms with van der Waals surface area (Å²) in [7, 11) is 0. The molecule has 1 saturated carbocycles. The van der Waals surface area contributed by atoms with Crippen LogP contribution < -0.4 is 31.1 Å². The van der Waals surface area contributed by atoms with Crippen LogP contribution in [0.4, 0.5) is 45.5 Å². The minimum absolute atomic E-state index is 0.0146. The molecule has 350 valence electrons. The van der Waals surface area contributed by atoms with Crippen molar-refractivity contribution in [2.24, 2.45) is 0 Å². The molecule has 7 aromatic rings. The van der Waals surface area contributed by atoms with Crippen molar-refractivity contribution in [3.8, 4) is 0 Å². The predicted octanol–water partition coefficient (Wildman–Crippen LogP) is 15.7. The average molecular weight is 906 g/mol. The van der Waals surface area contributed by atoms with E-state index in [1.54, 1.807) is 0 Å². The number of fused-ring (bicyclic) bond motifs is 7. The summed E-state index contributed by atoms with van der Waals surface area (Å²) in [6, 6.07) is 59.9. The zero-order valence-electron chi connectivity index (χ0n) is 43.7. The molecule has 1 fully saturated rings. The van der Waals surface area contributed by atoms with Crippen LogP contribution in [-0.4, -0.2) is 12.3 Å². The molecule has 2 atom stereocenters. The van der Waals surface area contributed by atoms with Crippen molar-refractivity contribution >= 4 is 68.6 Å². The zero-order valence-corrected chi connectivity index (χ0v) is 43.7. The first kappa shape index (κ1) is 45.4. The molecule has 69 heavy (non-hydrogen) atoms. The second kappa shape index (κ2) is 15.5. The fraction of sp³-hybridized carbons (Fsp3) is 0.354. The number of para-hydroxylation sites is 1. The van der Waals surface area contributed by atoms with Crippen LogP contribution in [0.2, 0.25) is 0 Å². The molecule has 0 saturated heterocycles.